The van der Waals surface area contributed by atoms with Gasteiger partial charge in [0.1, 0.15) is 37.0 Å². The van der Waals surface area contributed by atoms with Gasteiger partial charge in [0.25, 0.3) is 0 Å². The van der Waals surface area contributed by atoms with Crippen LogP contribution < -0.4 is 5.32 Å². The van der Waals surface area contributed by atoms with E-state index in [0.29, 0.717) is 11.6 Å². The summed E-state index contributed by atoms with van der Waals surface area (Å²) in [6.07, 6.45) is -0.347. The average Bonchev–Trinajstić information content (AvgIpc) is 3.05. The van der Waals surface area contributed by atoms with Gasteiger partial charge in [-0.2, -0.15) is 0 Å². The molecule has 2 rings (SSSR count). The molecule has 4 N–H and O–H groups in total. The van der Waals surface area contributed by atoms with E-state index in [1.807, 2.05) is 11.9 Å². The molecule has 0 bridgehead atoms. The van der Waals surface area contributed by atoms with Crippen LogP contribution in [0.4, 0.5) is 0 Å². The van der Waals surface area contributed by atoms with Crippen LogP contribution in [0, 0.1) is 5.92 Å². The van der Waals surface area contributed by atoms with Gasteiger partial charge in [-0.15, -0.1) is 11.8 Å². The highest BCUT2D eigenvalue weighted by atomic mass is 32.2. The molecule has 2 saturated heterocycles. The Balaban J connectivity index is 2.20. The molecule has 1 amide bonds. The van der Waals surface area contributed by atoms with E-state index >= 15 is 0 Å². The van der Waals surface area contributed by atoms with E-state index in [2.05, 4.69) is 17.4 Å². The van der Waals surface area contributed by atoms with Gasteiger partial charge < -0.3 is 30.2 Å². The minimum atomic E-state index is -1.40. The van der Waals surface area contributed by atoms with Gasteiger partial charge in [-0.1, -0.05) is 18.5 Å². The van der Waals surface area contributed by atoms with Crippen molar-refractivity contribution in [1.82, 2.24) is 10.2 Å². The number of thioether (sulfide) groups is 1. The van der Waals surface area contributed by atoms with Crippen molar-refractivity contribution in [2.45, 2.75) is 75.0 Å². The molecule has 2 fully saturated rings. The van der Waals surface area contributed by atoms with Crippen LogP contribution in [0.25, 0.3) is 0 Å². The first-order chi connectivity index (χ1) is 13.7. The molecular weight excluding hydrogens is 398 g/mol. The number of aliphatic hydroxyl groups is 3. The van der Waals surface area contributed by atoms with E-state index in [1.54, 1.807) is 13.2 Å². The summed E-state index contributed by atoms with van der Waals surface area (Å²) in [6, 6.07) is -1.09. The molecule has 2 heterocycles. The Morgan fingerprint density at radius 2 is 2.03 bits per heavy atom. The lowest BCUT2D eigenvalue weighted by atomic mass is 9.92. The molecule has 0 aromatic carbocycles. The van der Waals surface area contributed by atoms with Gasteiger partial charge in [0, 0.05) is 6.54 Å². The lowest BCUT2D eigenvalue weighted by Crippen LogP contribution is -2.65. The van der Waals surface area contributed by atoms with Gasteiger partial charge >= 0.3 is 0 Å². The van der Waals surface area contributed by atoms with E-state index in [9.17, 15) is 20.1 Å². The largest absolute Gasteiger partial charge is 0.399 e. The van der Waals surface area contributed by atoms with Crippen LogP contribution in [0.2, 0.25) is 0 Å². The summed E-state index contributed by atoms with van der Waals surface area (Å²) < 4.78 is 5.85. The number of amides is 1. The predicted molar refractivity (Wildman–Crippen MR) is 112 cm³/mol. The van der Waals surface area contributed by atoms with Crippen molar-refractivity contribution < 1.29 is 29.7 Å². The second-order valence-corrected chi connectivity index (χ2v) is 8.86. The number of ether oxygens (including phenoxy) is 1. The number of aliphatic hydroxyl groups excluding tert-OH is 3. The number of carbonyl (C=O) groups excluding carboxylic acids is 1. The normalized spacial score (nSPS) is 37.4. The van der Waals surface area contributed by atoms with E-state index in [1.165, 1.54) is 18.9 Å². The molecule has 0 aromatic rings. The van der Waals surface area contributed by atoms with Crippen molar-refractivity contribution in [3.05, 3.63) is 0 Å². The summed E-state index contributed by atoms with van der Waals surface area (Å²) in [5.41, 5.74) is -0.338. The van der Waals surface area contributed by atoms with E-state index in [0.717, 1.165) is 25.8 Å². The van der Waals surface area contributed by atoms with Crippen LogP contribution in [-0.2, 0) is 14.4 Å². The van der Waals surface area contributed by atoms with Crippen LogP contribution in [0.3, 0.4) is 0 Å². The Morgan fingerprint density at radius 3 is 2.62 bits per heavy atom. The standard InChI is InChI=1S/C19H35N3O6S/c1-6-7-11-8-12(22(3)9-11)18(26)20-13(10(2)21-27-4)17-15(24)14(23)16(25)19(28-17)29-5/h11-17,19,23-25H,6-9H2,1-5H3,(H,20,26). The number of nitrogens with zero attached hydrogens (tertiary/aromatic N) is 2. The Kier molecular flexibility index (Phi) is 9.17. The van der Waals surface area contributed by atoms with Gasteiger partial charge in [-0.3, -0.25) is 9.69 Å². The van der Waals surface area contributed by atoms with E-state index in [-0.39, 0.29) is 11.9 Å². The van der Waals surface area contributed by atoms with Crippen molar-refractivity contribution in [3.8, 4) is 0 Å². The molecule has 8 unspecified atom stereocenters. The minimum Gasteiger partial charge on any atom is -0.399 e. The maximum atomic E-state index is 13.1. The molecule has 0 saturated carbocycles. The fraction of sp³-hybridized carbons (Fsp3) is 0.895. The van der Waals surface area contributed by atoms with Gasteiger partial charge in [-0.25, -0.2) is 0 Å². The van der Waals surface area contributed by atoms with Gasteiger partial charge in [0.05, 0.1) is 17.8 Å². The lowest BCUT2D eigenvalue weighted by molar-refractivity contribution is -0.200. The predicted octanol–water partition coefficient (Wildman–Crippen LogP) is -0.215. The van der Waals surface area contributed by atoms with Crippen LogP contribution in [-0.4, -0.2) is 101 Å². The van der Waals surface area contributed by atoms with Crippen molar-refractivity contribution >= 4 is 23.4 Å². The van der Waals surface area contributed by atoms with Gasteiger partial charge in [0.15, 0.2) is 0 Å². The van der Waals surface area contributed by atoms with Gasteiger partial charge in [-0.05, 0) is 39.0 Å². The third-order valence-corrected chi connectivity index (χ3v) is 6.64. The second-order valence-electron chi connectivity index (χ2n) is 7.92. The number of oxime groups is 1. The average molecular weight is 434 g/mol. The highest BCUT2D eigenvalue weighted by Gasteiger charge is 2.48. The van der Waals surface area contributed by atoms with Crippen molar-refractivity contribution in [1.29, 1.82) is 0 Å². The number of likely N-dealkylation sites (tertiary alicyclic amines) is 1. The summed E-state index contributed by atoms with van der Waals surface area (Å²) in [5, 5.41) is 37.8. The molecule has 10 heteroatoms. The lowest BCUT2D eigenvalue weighted by Gasteiger charge is -2.43. The minimum absolute atomic E-state index is 0.182. The molecule has 0 aliphatic carbocycles. The molecular formula is C19H35N3O6S. The first-order valence-electron chi connectivity index (χ1n) is 10.1. The Morgan fingerprint density at radius 1 is 1.34 bits per heavy atom. The fourth-order valence-corrected chi connectivity index (χ4v) is 4.93. The first kappa shape index (κ1) is 24.4. The number of nitrogens with one attached hydrogen (secondary N) is 1. The first-order valence-corrected chi connectivity index (χ1v) is 11.3. The van der Waals surface area contributed by atoms with Crippen LogP contribution in [0.1, 0.15) is 33.1 Å². The van der Waals surface area contributed by atoms with E-state index in [4.69, 9.17) is 9.57 Å². The number of hydrogen-bond acceptors (Lipinski definition) is 9. The molecule has 9 nitrogen and oxygen atoms in total. The van der Waals surface area contributed by atoms with Crippen LogP contribution in [0.15, 0.2) is 5.16 Å². The zero-order chi connectivity index (χ0) is 21.7. The summed E-state index contributed by atoms with van der Waals surface area (Å²) in [4.78, 5) is 20.0. The molecule has 8 atom stereocenters. The number of rotatable bonds is 8. The highest BCUT2D eigenvalue weighted by molar-refractivity contribution is 7.99. The number of carbonyl (C=O) groups is 1. The van der Waals surface area contributed by atoms with Crippen LogP contribution >= 0.6 is 11.8 Å². The van der Waals surface area contributed by atoms with Crippen LogP contribution in [0.5, 0.6) is 0 Å². The molecule has 0 aromatic heterocycles. The van der Waals surface area contributed by atoms with Crippen molar-refractivity contribution in [3.63, 3.8) is 0 Å². The molecule has 0 spiro atoms. The zero-order valence-corrected chi connectivity index (χ0v) is 18.6. The topological polar surface area (TPSA) is 124 Å². The zero-order valence-electron chi connectivity index (χ0n) is 17.8. The SMILES string of the molecule is CCCC1CC(C(=O)NC(C(C)=NOC)C2OC(SC)C(O)C(O)C2O)N(C)C1. The second kappa shape index (κ2) is 10.9. The molecule has 2 aliphatic rings. The number of likely N-dealkylation sites (N-methyl/N-ethyl adjacent to an activating group) is 1. The van der Waals surface area contributed by atoms with Crippen molar-refractivity contribution in [2.24, 2.45) is 11.1 Å². The molecule has 168 valence electrons. The summed E-state index contributed by atoms with van der Waals surface area (Å²) in [6.45, 7) is 4.66. The summed E-state index contributed by atoms with van der Waals surface area (Å²) in [7, 11) is 3.32. The fourth-order valence-electron chi connectivity index (χ4n) is 4.25. The maximum Gasteiger partial charge on any atom is 0.237 e. The summed E-state index contributed by atoms with van der Waals surface area (Å²) in [5.74, 6) is 0.293. The monoisotopic (exact) mass is 433 g/mol. The third-order valence-electron chi connectivity index (χ3n) is 5.78. The Labute approximate surface area is 176 Å². The molecule has 2 aliphatic heterocycles. The Hall–Kier alpha value is -0.910. The summed E-state index contributed by atoms with van der Waals surface area (Å²) >= 11 is 1.22. The molecule has 0 radical (unpaired) electrons. The third kappa shape index (κ3) is 5.62. The van der Waals surface area contributed by atoms with Gasteiger partial charge in [0.2, 0.25) is 5.91 Å². The van der Waals surface area contributed by atoms with Crippen molar-refractivity contribution in [2.75, 3.05) is 27.0 Å². The molecule has 29 heavy (non-hydrogen) atoms. The number of hydrogen-bond donors (Lipinski definition) is 4. The quantitative estimate of drug-likeness (QED) is 0.306. The maximum absolute atomic E-state index is 13.1. The van der Waals surface area contributed by atoms with E-state index < -0.39 is 35.9 Å². The Bertz CT molecular complexity index is 578. The smallest absolute Gasteiger partial charge is 0.237 e. The highest BCUT2D eigenvalue weighted by Crippen LogP contribution is 2.30.